The highest BCUT2D eigenvalue weighted by Crippen LogP contribution is 2.48. The van der Waals surface area contributed by atoms with Crippen LogP contribution >= 0.6 is 11.8 Å². The van der Waals surface area contributed by atoms with E-state index in [2.05, 4.69) is 43.1 Å². The maximum Gasteiger partial charge on any atom is 0.255 e. The van der Waals surface area contributed by atoms with Crippen LogP contribution in [-0.4, -0.2) is 15.7 Å². The second-order valence-electron chi connectivity index (χ2n) is 7.61. The molecule has 2 aliphatic carbocycles. The van der Waals surface area contributed by atoms with E-state index in [9.17, 15) is 4.79 Å². The minimum Gasteiger partial charge on any atom is -0.301 e. The molecule has 0 saturated heterocycles. The molecule has 25 heavy (non-hydrogen) atoms. The second-order valence-corrected chi connectivity index (χ2v) is 8.87. The van der Waals surface area contributed by atoms with E-state index in [1.165, 1.54) is 37.7 Å². The van der Waals surface area contributed by atoms with E-state index in [1.54, 1.807) is 11.8 Å². The van der Waals surface area contributed by atoms with Crippen LogP contribution < -0.4 is 5.56 Å². The smallest absolute Gasteiger partial charge is 0.255 e. The molecule has 132 valence electrons. The summed E-state index contributed by atoms with van der Waals surface area (Å²) in [5.74, 6) is 1.48. The first kappa shape index (κ1) is 16.9. The summed E-state index contributed by atoms with van der Waals surface area (Å²) in [5.41, 5.74) is 4.31. The van der Waals surface area contributed by atoms with Gasteiger partial charge in [-0.1, -0.05) is 69.1 Å². The SMILES string of the molecule is CCSc1nc2c(c(=O)[nH]1)[C@](C)(C1CCCCC1)Cc1ccccc1-2. The number of nitrogens with one attached hydrogen (secondary N) is 1. The maximum absolute atomic E-state index is 13.1. The number of thioether (sulfide) groups is 1. The highest BCUT2D eigenvalue weighted by atomic mass is 32.2. The Hall–Kier alpha value is -1.55. The Morgan fingerprint density at radius 3 is 2.76 bits per heavy atom. The molecule has 1 atom stereocenters. The van der Waals surface area contributed by atoms with Crippen LogP contribution in [0.3, 0.4) is 0 Å². The van der Waals surface area contributed by atoms with Crippen molar-refractivity contribution in [1.29, 1.82) is 0 Å². The van der Waals surface area contributed by atoms with Gasteiger partial charge in [-0.3, -0.25) is 4.79 Å². The van der Waals surface area contributed by atoms with Gasteiger partial charge in [-0.25, -0.2) is 4.98 Å². The van der Waals surface area contributed by atoms with Crippen LogP contribution in [0.15, 0.2) is 34.2 Å². The Kier molecular flexibility index (Phi) is 4.48. The van der Waals surface area contributed by atoms with Gasteiger partial charge in [0.15, 0.2) is 5.16 Å². The molecule has 0 unspecified atom stereocenters. The Morgan fingerprint density at radius 1 is 1.24 bits per heavy atom. The van der Waals surface area contributed by atoms with Crippen LogP contribution in [-0.2, 0) is 11.8 Å². The number of aromatic nitrogens is 2. The number of nitrogens with zero attached hydrogens (tertiary/aromatic N) is 1. The van der Waals surface area contributed by atoms with Crippen molar-refractivity contribution < 1.29 is 0 Å². The van der Waals surface area contributed by atoms with Crippen molar-refractivity contribution in [3.05, 3.63) is 45.7 Å². The first-order valence-corrected chi connectivity index (χ1v) is 10.5. The zero-order chi connectivity index (χ0) is 17.4. The van der Waals surface area contributed by atoms with Crippen LogP contribution in [0.5, 0.6) is 0 Å². The molecule has 1 aromatic carbocycles. The molecular weight excluding hydrogens is 328 g/mol. The highest BCUT2D eigenvalue weighted by molar-refractivity contribution is 7.99. The molecule has 4 rings (SSSR count). The molecular formula is C21H26N2OS. The van der Waals surface area contributed by atoms with Crippen molar-refractivity contribution in [2.45, 2.75) is 62.9 Å². The minimum absolute atomic E-state index is 0.0727. The Labute approximate surface area is 153 Å². The predicted molar refractivity (Wildman–Crippen MR) is 104 cm³/mol. The minimum atomic E-state index is -0.111. The fourth-order valence-electron chi connectivity index (χ4n) is 4.86. The van der Waals surface area contributed by atoms with E-state index >= 15 is 0 Å². The molecule has 2 aromatic rings. The van der Waals surface area contributed by atoms with Crippen molar-refractivity contribution in [3.63, 3.8) is 0 Å². The van der Waals surface area contributed by atoms with E-state index in [4.69, 9.17) is 4.98 Å². The number of fused-ring (bicyclic) bond motifs is 3. The Bertz CT molecular complexity index is 838. The molecule has 1 aromatic heterocycles. The molecule has 0 radical (unpaired) electrons. The summed E-state index contributed by atoms with van der Waals surface area (Å²) in [4.78, 5) is 21.1. The fraction of sp³-hybridized carbons (Fsp3) is 0.524. The maximum atomic E-state index is 13.1. The van der Waals surface area contributed by atoms with Gasteiger partial charge in [0.05, 0.1) is 11.3 Å². The fourth-order valence-corrected chi connectivity index (χ4v) is 5.45. The van der Waals surface area contributed by atoms with Crippen molar-refractivity contribution in [3.8, 4) is 11.3 Å². The summed E-state index contributed by atoms with van der Waals surface area (Å²) in [7, 11) is 0. The molecule has 1 saturated carbocycles. The normalized spacial score (nSPS) is 23.1. The zero-order valence-corrected chi connectivity index (χ0v) is 15.9. The number of hydrogen-bond acceptors (Lipinski definition) is 3. The lowest BCUT2D eigenvalue weighted by Crippen LogP contribution is -2.43. The largest absolute Gasteiger partial charge is 0.301 e. The monoisotopic (exact) mass is 354 g/mol. The summed E-state index contributed by atoms with van der Waals surface area (Å²) < 4.78 is 0. The molecule has 3 nitrogen and oxygen atoms in total. The lowest BCUT2D eigenvalue weighted by Gasteiger charge is -2.43. The molecule has 0 spiro atoms. The molecule has 1 heterocycles. The number of hydrogen-bond donors (Lipinski definition) is 1. The number of H-pyrrole nitrogens is 1. The summed E-state index contributed by atoms with van der Waals surface area (Å²) in [5, 5.41) is 0.744. The molecule has 0 bridgehead atoms. The summed E-state index contributed by atoms with van der Waals surface area (Å²) in [6, 6.07) is 8.51. The van der Waals surface area contributed by atoms with Gasteiger partial charge >= 0.3 is 0 Å². The predicted octanol–water partition coefficient (Wildman–Crippen LogP) is 4.94. The average molecular weight is 355 g/mol. The van der Waals surface area contributed by atoms with E-state index in [1.807, 2.05) is 0 Å². The number of rotatable bonds is 3. The molecule has 4 heteroatoms. The summed E-state index contributed by atoms with van der Waals surface area (Å²) in [6.07, 6.45) is 7.30. The lowest BCUT2D eigenvalue weighted by atomic mass is 9.60. The van der Waals surface area contributed by atoms with E-state index in [-0.39, 0.29) is 11.0 Å². The van der Waals surface area contributed by atoms with Gasteiger partial charge < -0.3 is 4.98 Å². The first-order valence-electron chi connectivity index (χ1n) is 9.49. The van der Waals surface area contributed by atoms with Gasteiger partial charge in [0, 0.05) is 11.0 Å². The number of aromatic amines is 1. The zero-order valence-electron chi connectivity index (χ0n) is 15.1. The van der Waals surface area contributed by atoms with Crippen LogP contribution in [0.1, 0.15) is 57.1 Å². The summed E-state index contributed by atoms with van der Waals surface area (Å²) in [6.45, 7) is 4.39. The third kappa shape index (κ3) is 2.84. The van der Waals surface area contributed by atoms with Crippen LogP contribution in [0, 0.1) is 5.92 Å². The molecule has 2 aliphatic rings. The standard InChI is InChI=1S/C21H26N2OS/c1-3-25-20-22-18-16-12-8-7-9-14(16)13-21(2,17(18)19(24)23-20)15-10-5-4-6-11-15/h7-9,12,15H,3-6,10-11,13H2,1-2H3,(H,22,23,24)/t21-/m0/s1. The first-order chi connectivity index (χ1) is 12.1. The van der Waals surface area contributed by atoms with Crippen molar-refractivity contribution in [2.24, 2.45) is 5.92 Å². The molecule has 1 fully saturated rings. The van der Waals surface area contributed by atoms with Gasteiger partial charge in [0.1, 0.15) is 0 Å². The molecule has 0 amide bonds. The third-order valence-corrected chi connectivity index (χ3v) is 6.84. The van der Waals surface area contributed by atoms with Gasteiger partial charge in [-0.2, -0.15) is 0 Å². The third-order valence-electron chi connectivity index (χ3n) is 6.09. The van der Waals surface area contributed by atoms with E-state index in [0.29, 0.717) is 5.92 Å². The Balaban J connectivity index is 1.93. The van der Waals surface area contributed by atoms with Crippen molar-refractivity contribution >= 4 is 11.8 Å². The van der Waals surface area contributed by atoms with Gasteiger partial charge in [-0.05, 0) is 36.5 Å². The van der Waals surface area contributed by atoms with Crippen molar-refractivity contribution in [2.75, 3.05) is 5.75 Å². The van der Waals surface area contributed by atoms with Gasteiger partial charge in [0.2, 0.25) is 0 Å². The van der Waals surface area contributed by atoms with E-state index < -0.39 is 0 Å². The van der Waals surface area contributed by atoms with Gasteiger partial charge in [0.25, 0.3) is 5.56 Å². The second kappa shape index (κ2) is 6.64. The highest BCUT2D eigenvalue weighted by Gasteiger charge is 2.44. The van der Waals surface area contributed by atoms with Crippen LogP contribution in [0.4, 0.5) is 0 Å². The number of benzene rings is 1. The quantitative estimate of drug-likeness (QED) is 0.627. The Morgan fingerprint density at radius 2 is 2.00 bits per heavy atom. The summed E-state index contributed by atoms with van der Waals surface area (Å²) >= 11 is 1.61. The van der Waals surface area contributed by atoms with Gasteiger partial charge in [-0.15, -0.1) is 0 Å². The topological polar surface area (TPSA) is 45.8 Å². The average Bonchev–Trinajstić information content (AvgIpc) is 2.62. The lowest BCUT2D eigenvalue weighted by molar-refractivity contribution is 0.213. The van der Waals surface area contributed by atoms with Crippen molar-refractivity contribution in [1.82, 2.24) is 9.97 Å². The molecule has 1 N–H and O–H groups in total. The van der Waals surface area contributed by atoms with Crippen LogP contribution in [0.25, 0.3) is 11.3 Å². The van der Waals surface area contributed by atoms with Crippen LogP contribution in [0.2, 0.25) is 0 Å². The van der Waals surface area contributed by atoms with E-state index in [0.717, 1.165) is 34.2 Å². The molecule has 0 aliphatic heterocycles.